The summed E-state index contributed by atoms with van der Waals surface area (Å²) < 4.78 is 6.43. The third kappa shape index (κ3) is 4.06. The van der Waals surface area contributed by atoms with E-state index in [-0.39, 0.29) is 0 Å². The molecule has 0 fully saturated rings. The Morgan fingerprint density at radius 2 is 1.50 bits per heavy atom. The Kier molecular flexibility index (Phi) is 5.37. The van der Waals surface area contributed by atoms with Crippen molar-refractivity contribution in [3.63, 3.8) is 0 Å². The van der Waals surface area contributed by atoms with Crippen LogP contribution in [0.2, 0.25) is 0 Å². The Labute approximate surface area is 161 Å². The number of nitrogens with zero attached hydrogens (tertiary/aromatic N) is 6. The van der Waals surface area contributed by atoms with E-state index in [1.807, 2.05) is 60.7 Å². The Morgan fingerprint density at radius 1 is 0.821 bits per heavy atom. The number of aryl methyl sites for hydroxylation is 1. The average molecular weight is 376 g/mol. The van der Waals surface area contributed by atoms with E-state index in [2.05, 4.69) is 20.6 Å². The minimum Gasteiger partial charge on any atom is -0.295 e. The molecular weight excluding hydrogens is 356 g/mol. The fourth-order valence-corrected chi connectivity index (χ4v) is 3.00. The fraction of sp³-hybridized carbons (Fsp3) is 0.250. The number of hydrogen-bond acceptors (Lipinski definition) is 6. The van der Waals surface area contributed by atoms with E-state index in [1.165, 1.54) is 0 Å². The zero-order valence-corrected chi connectivity index (χ0v) is 15.3. The van der Waals surface area contributed by atoms with E-state index in [9.17, 15) is 4.79 Å². The van der Waals surface area contributed by atoms with E-state index >= 15 is 0 Å². The molecule has 142 valence electrons. The molecule has 4 rings (SSSR count). The molecule has 0 bridgehead atoms. The molecule has 0 saturated heterocycles. The minimum absolute atomic E-state index is 0.427. The lowest BCUT2D eigenvalue weighted by atomic mass is 10.2. The van der Waals surface area contributed by atoms with Crippen LogP contribution in [0.15, 0.2) is 70.0 Å². The first-order valence-corrected chi connectivity index (χ1v) is 9.26. The molecule has 8 heteroatoms. The molecule has 8 nitrogen and oxygen atoms in total. The second kappa shape index (κ2) is 8.43. The van der Waals surface area contributed by atoms with Crippen LogP contribution in [0.4, 0.5) is 0 Å². The molecule has 0 amide bonds. The van der Waals surface area contributed by atoms with Crippen molar-refractivity contribution in [2.24, 2.45) is 0 Å². The van der Waals surface area contributed by atoms with Crippen molar-refractivity contribution >= 4 is 0 Å². The van der Waals surface area contributed by atoms with Gasteiger partial charge in [-0.3, -0.25) is 9.09 Å². The highest BCUT2D eigenvalue weighted by molar-refractivity contribution is 5.54. The van der Waals surface area contributed by atoms with Gasteiger partial charge in [-0.05, 0) is 24.5 Å². The average Bonchev–Trinajstić information content (AvgIpc) is 3.36. The highest BCUT2D eigenvalue weighted by Crippen LogP contribution is 2.16. The summed E-state index contributed by atoms with van der Waals surface area (Å²) in [4.78, 5) is 13.6. The van der Waals surface area contributed by atoms with Crippen LogP contribution in [-0.4, -0.2) is 29.9 Å². The summed E-state index contributed by atoms with van der Waals surface area (Å²) in [5.74, 6) is 0.768. The lowest BCUT2D eigenvalue weighted by Gasteiger charge is -2.04. The summed E-state index contributed by atoms with van der Waals surface area (Å²) in [7, 11) is 0. The molecule has 0 aliphatic rings. The van der Waals surface area contributed by atoms with Gasteiger partial charge in [-0.15, -0.1) is 10.2 Å². The summed E-state index contributed by atoms with van der Waals surface area (Å²) in [6.07, 6.45) is 2.65. The van der Waals surface area contributed by atoms with Crippen LogP contribution in [0.1, 0.15) is 19.3 Å². The molecular formula is C20H20N6O2. The van der Waals surface area contributed by atoms with Crippen molar-refractivity contribution in [1.82, 2.24) is 29.9 Å². The maximum absolute atomic E-state index is 11.9. The summed E-state index contributed by atoms with van der Waals surface area (Å²) in [5, 5.41) is 16.5. The van der Waals surface area contributed by atoms with Gasteiger partial charge in [0.2, 0.25) is 5.82 Å². The predicted molar refractivity (Wildman–Crippen MR) is 103 cm³/mol. The third-order valence-electron chi connectivity index (χ3n) is 4.44. The van der Waals surface area contributed by atoms with E-state index in [4.69, 9.17) is 4.52 Å². The van der Waals surface area contributed by atoms with Crippen molar-refractivity contribution in [2.75, 3.05) is 0 Å². The second-order valence-electron chi connectivity index (χ2n) is 6.43. The van der Waals surface area contributed by atoms with Gasteiger partial charge in [-0.2, -0.15) is 4.80 Å². The molecule has 0 unspecified atom stereocenters. The maximum atomic E-state index is 11.9. The van der Waals surface area contributed by atoms with E-state index in [0.29, 0.717) is 24.7 Å². The predicted octanol–water partition coefficient (Wildman–Crippen LogP) is 3.03. The molecule has 0 radical (unpaired) electrons. The first-order chi connectivity index (χ1) is 13.8. The van der Waals surface area contributed by atoms with Crippen molar-refractivity contribution < 1.29 is 4.52 Å². The number of rotatable bonds is 8. The molecule has 28 heavy (non-hydrogen) atoms. The smallest absolute Gasteiger partial charge is 0.295 e. The highest BCUT2D eigenvalue weighted by Gasteiger charge is 2.12. The molecule has 0 aliphatic carbocycles. The quantitative estimate of drug-likeness (QED) is 0.439. The second-order valence-corrected chi connectivity index (χ2v) is 6.43. The molecule has 2 heterocycles. The first-order valence-electron chi connectivity index (χ1n) is 9.26. The van der Waals surface area contributed by atoms with Gasteiger partial charge in [0, 0.05) is 17.7 Å². The summed E-state index contributed by atoms with van der Waals surface area (Å²) >= 11 is 0. The van der Waals surface area contributed by atoms with Crippen LogP contribution in [0.25, 0.3) is 22.8 Å². The normalized spacial score (nSPS) is 11.0. The van der Waals surface area contributed by atoms with Crippen LogP contribution in [0.3, 0.4) is 0 Å². The first kappa shape index (κ1) is 17.8. The lowest BCUT2D eigenvalue weighted by molar-refractivity contribution is 0.373. The summed E-state index contributed by atoms with van der Waals surface area (Å²) in [6.45, 7) is 1.25. The number of unbranched alkanes of at least 4 members (excludes halogenated alkanes) is 2. The van der Waals surface area contributed by atoms with Crippen LogP contribution in [0, 0.1) is 0 Å². The molecule has 2 aromatic heterocycles. The largest absolute Gasteiger partial charge is 0.441 e. The van der Waals surface area contributed by atoms with Crippen molar-refractivity contribution in [1.29, 1.82) is 0 Å². The van der Waals surface area contributed by atoms with Gasteiger partial charge in [-0.1, -0.05) is 65.8 Å². The Hall–Kier alpha value is -3.55. The van der Waals surface area contributed by atoms with Gasteiger partial charge in [0.25, 0.3) is 0 Å². The number of aromatic nitrogens is 6. The zero-order valence-electron chi connectivity index (χ0n) is 15.3. The summed E-state index contributed by atoms with van der Waals surface area (Å²) in [6, 6.07) is 19.3. The molecule has 0 N–H and O–H groups in total. The maximum Gasteiger partial charge on any atom is 0.441 e. The minimum atomic E-state index is -0.427. The van der Waals surface area contributed by atoms with E-state index in [1.54, 1.807) is 9.36 Å². The molecule has 2 aromatic carbocycles. The number of hydrogen-bond donors (Lipinski definition) is 0. The Balaban J connectivity index is 1.29. The van der Waals surface area contributed by atoms with E-state index < -0.39 is 5.76 Å². The SMILES string of the molecule is O=c1onc(-c2ccccc2)n1CCCCCn1nnc(-c2ccccc2)n1. The molecule has 0 spiro atoms. The molecule has 4 aromatic rings. The third-order valence-corrected chi connectivity index (χ3v) is 4.44. The Morgan fingerprint density at radius 3 is 2.25 bits per heavy atom. The monoisotopic (exact) mass is 376 g/mol. The van der Waals surface area contributed by atoms with Crippen molar-refractivity contribution in [3.8, 4) is 22.8 Å². The topological polar surface area (TPSA) is 91.6 Å². The Bertz CT molecular complexity index is 1070. The van der Waals surface area contributed by atoms with Gasteiger partial charge in [0.15, 0.2) is 5.82 Å². The van der Waals surface area contributed by atoms with Gasteiger partial charge < -0.3 is 0 Å². The molecule has 0 saturated carbocycles. The highest BCUT2D eigenvalue weighted by atomic mass is 16.5. The van der Waals surface area contributed by atoms with Gasteiger partial charge in [0.1, 0.15) is 0 Å². The van der Waals surface area contributed by atoms with Crippen LogP contribution in [0.5, 0.6) is 0 Å². The summed E-state index contributed by atoms with van der Waals surface area (Å²) in [5.41, 5.74) is 1.82. The van der Waals surface area contributed by atoms with Crippen LogP contribution < -0.4 is 5.76 Å². The van der Waals surface area contributed by atoms with Gasteiger partial charge >= 0.3 is 5.76 Å². The van der Waals surface area contributed by atoms with Gasteiger partial charge in [0.05, 0.1) is 6.54 Å². The van der Waals surface area contributed by atoms with Gasteiger partial charge in [-0.25, -0.2) is 4.79 Å². The van der Waals surface area contributed by atoms with E-state index in [0.717, 1.165) is 30.4 Å². The van der Waals surface area contributed by atoms with Crippen LogP contribution >= 0.6 is 0 Å². The van der Waals surface area contributed by atoms with Crippen LogP contribution in [-0.2, 0) is 13.1 Å². The fourth-order valence-electron chi connectivity index (χ4n) is 3.00. The lowest BCUT2D eigenvalue weighted by Crippen LogP contribution is -2.15. The zero-order chi connectivity index (χ0) is 19.2. The molecule has 0 aliphatic heterocycles. The van der Waals surface area contributed by atoms with Crippen molar-refractivity contribution in [2.45, 2.75) is 32.4 Å². The molecule has 0 atom stereocenters. The van der Waals surface area contributed by atoms with Crippen molar-refractivity contribution in [3.05, 3.63) is 71.2 Å². The number of tetrazole rings is 1. The standard InChI is InChI=1S/C20H20N6O2/c27-20-25(19(23-28-20)17-12-6-2-7-13-17)14-8-3-9-15-26-22-18(21-24-26)16-10-4-1-5-11-16/h1-2,4-7,10-13H,3,8-9,14-15H2. The number of benzene rings is 2.